The Morgan fingerprint density at radius 1 is 1.07 bits per heavy atom. The molecule has 148 valence electrons. The van der Waals surface area contributed by atoms with Crippen LogP contribution in [0.5, 0.6) is 5.75 Å². The summed E-state index contributed by atoms with van der Waals surface area (Å²) in [4.78, 5) is 12.2. The second kappa shape index (κ2) is 8.94. The van der Waals surface area contributed by atoms with E-state index in [9.17, 15) is 18.0 Å². The van der Waals surface area contributed by atoms with E-state index in [2.05, 4.69) is 6.92 Å². The molecular weight excluding hydrogens is 353 g/mol. The first kappa shape index (κ1) is 20.0. The average molecular weight is 380 g/mol. The fourth-order valence-corrected chi connectivity index (χ4v) is 4.31. The second-order valence-corrected chi connectivity index (χ2v) is 7.86. The van der Waals surface area contributed by atoms with Gasteiger partial charge >= 0.3 is 5.97 Å². The fraction of sp³-hybridized carbons (Fsp3) is 0.591. The highest BCUT2D eigenvalue weighted by atomic mass is 19.1. The van der Waals surface area contributed by atoms with Gasteiger partial charge in [-0.1, -0.05) is 25.8 Å². The van der Waals surface area contributed by atoms with Gasteiger partial charge in [0.1, 0.15) is 0 Å². The van der Waals surface area contributed by atoms with Gasteiger partial charge in [-0.2, -0.15) is 0 Å². The Morgan fingerprint density at radius 3 is 2.30 bits per heavy atom. The quantitative estimate of drug-likeness (QED) is 0.425. The van der Waals surface area contributed by atoms with Crippen molar-refractivity contribution < 1.29 is 22.7 Å². The topological polar surface area (TPSA) is 26.3 Å². The van der Waals surface area contributed by atoms with Gasteiger partial charge in [-0.3, -0.25) is 4.79 Å². The molecular formula is C22H27F3O2. The maximum Gasteiger partial charge on any atom is 0.314 e. The van der Waals surface area contributed by atoms with E-state index in [0.717, 1.165) is 31.6 Å². The molecule has 0 N–H and O–H groups in total. The van der Waals surface area contributed by atoms with E-state index < -0.39 is 29.3 Å². The molecule has 0 radical (unpaired) electrons. The lowest BCUT2D eigenvalue weighted by Gasteiger charge is -2.28. The highest BCUT2D eigenvalue weighted by Crippen LogP contribution is 2.39. The number of hydrogen-bond donors (Lipinski definition) is 0. The Hall–Kier alpha value is -1.78. The number of halogens is 3. The number of esters is 1. The monoisotopic (exact) mass is 380 g/mol. The predicted molar refractivity (Wildman–Crippen MR) is 98.1 cm³/mol. The van der Waals surface area contributed by atoms with Crippen molar-refractivity contribution in [3.8, 4) is 5.75 Å². The van der Waals surface area contributed by atoms with E-state index >= 15 is 0 Å². The number of rotatable bonds is 5. The summed E-state index contributed by atoms with van der Waals surface area (Å²) in [6.45, 7) is 2.18. The minimum Gasteiger partial charge on any atom is -0.420 e. The molecule has 0 saturated heterocycles. The third-order valence-corrected chi connectivity index (χ3v) is 5.93. The van der Waals surface area contributed by atoms with E-state index in [-0.39, 0.29) is 24.6 Å². The standard InChI is InChI=1S/C22H27F3O2/c1-2-3-14-4-6-15(7-5-14)17-12-19(24)21(20(25)13-17)27-22(26)16-8-10-18(23)11-9-16/h10,12-16H,2-9,11H2,1H3/t14-,15-,16?. The summed E-state index contributed by atoms with van der Waals surface area (Å²) in [6.07, 6.45) is 8.41. The molecule has 1 aromatic carbocycles. The summed E-state index contributed by atoms with van der Waals surface area (Å²) in [6, 6.07) is 2.61. The van der Waals surface area contributed by atoms with Crippen molar-refractivity contribution in [2.24, 2.45) is 11.8 Å². The molecule has 0 spiro atoms. The predicted octanol–water partition coefficient (Wildman–Crippen LogP) is 6.60. The summed E-state index contributed by atoms with van der Waals surface area (Å²) < 4.78 is 47.0. The highest BCUT2D eigenvalue weighted by molar-refractivity contribution is 5.75. The van der Waals surface area contributed by atoms with Gasteiger partial charge in [0.15, 0.2) is 11.6 Å². The van der Waals surface area contributed by atoms with Gasteiger partial charge in [0, 0.05) is 0 Å². The molecule has 0 aliphatic heterocycles. The van der Waals surface area contributed by atoms with Crippen LogP contribution in [0.25, 0.3) is 0 Å². The molecule has 1 aromatic rings. The lowest BCUT2D eigenvalue weighted by Crippen LogP contribution is -2.23. The normalized spacial score (nSPS) is 25.8. The van der Waals surface area contributed by atoms with Gasteiger partial charge < -0.3 is 4.74 Å². The molecule has 2 aliphatic rings. The Kier molecular flexibility index (Phi) is 6.61. The molecule has 27 heavy (non-hydrogen) atoms. The van der Waals surface area contributed by atoms with Gasteiger partial charge in [0.25, 0.3) is 0 Å². The van der Waals surface area contributed by atoms with Crippen molar-refractivity contribution in [1.29, 1.82) is 0 Å². The minimum absolute atomic E-state index is 0.151. The molecule has 0 aromatic heterocycles. The summed E-state index contributed by atoms with van der Waals surface area (Å²) in [5.41, 5.74) is 0.641. The first-order valence-electron chi connectivity index (χ1n) is 10.0. The number of allylic oxidation sites excluding steroid dienone is 2. The highest BCUT2D eigenvalue weighted by Gasteiger charge is 2.28. The van der Waals surface area contributed by atoms with Crippen LogP contribution >= 0.6 is 0 Å². The van der Waals surface area contributed by atoms with Crippen molar-refractivity contribution >= 4 is 5.97 Å². The van der Waals surface area contributed by atoms with E-state index in [1.807, 2.05) is 0 Å². The van der Waals surface area contributed by atoms with Crippen LogP contribution in [-0.4, -0.2) is 5.97 Å². The molecule has 1 atom stereocenters. The van der Waals surface area contributed by atoms with Crippen molar-refractivity contribution in [3.05, 3.63) is 41.2 Å². The van der Waals surface area contributed by atoms with Crippen molar-refractivity contribution in [3.63, 3.8) is 0 Å². The van der Waals surface area contributed by atoms with Crippen molar-refractivity contribution in [1.82, 2.24) is 0 Å². The van der Waals surface area contributed by atoms with Crippen LogP contribution in [0, 0.1) is 23.5 Å². The SMILES string of the molecule is CCC[C@H]1CC[C@H](c2cc(F)c(OC(=O)C3CC=C(F)CC3)c(F)c2)CC1. The summed E-state index contributed by atoms with van der Waals surface area (Å²) in [5.74, 6) is -2.97. The summed E-state index contributed by atoms with van der Waals surface area (Å²) in [7, 11) is 0. The van der Waals surface area contributed by atoms with Gasteiger partial charge in [-0.25, -0.2) is 13.2 Å². The smallest absolute Gasteiger partial charge is 0.314 e. The molecule has 0 bridgehead atoms. The first-order chi connectivity index (χ1) is 13.0. The Bertz CT molecular complexity index is 683. The van der Waals surface area contributed by atoms with Crippen LogP contribution in [0.3, 0.4) is 0 Å². The Balaban J connectivity index is 1.66. The molecule has 2 aliphatic carbocycles. The zero-order valence-electron chi connectivity index (χ0n) is 15.8. The zero-order chi connectivity index (χ0) is 19.4. The van der Waals surface area contributed by atoms with Crippen LogP contribution in [0.15, 0.2) is 24.0 Å². The van der Waals surface area contributed by atoms with Gasteiger partial charge in [-0.15, -0.1) is 0 Å². The third-order valence-electron chi connectivity index (χ3n) is 5.93. The van der Waals surface area contributed by atoms with Gasteiger partial charge in [0.05, 0.1) is 11.7 Å². The number of benzene rings is 1. The fourth-order valence-electron chi connectivity index (χ4n) is 4.31. The van der Waals surface area contributed by atoms with Crippen LogP contribution in [-0.2, 0) is 4.79 Å². The first-order valence-corrected chi connectivity index (χ1v) is 10.0. The Morgan fingerprint density at radius 2 is 1.74 bits per heavy atom. The van der Waals surface area contributed by atoms with Crippen LogP contribution in [0.1, 0.15) is 76.2 Å². The average Bonchev–Trinajstić information content (AvgIpc) is 2.66. The van der Waals surface area contributed by atoms with E-state index in [1.54, 1.807) is 0 Å². The summed E-state index contributed by atoms with van der Waals surface area (Å²) in [5, 5.41) is 0. The molecule has 0 amide bonds. The van der Waals surface area contributed by atoms with Crippen LogP contribution in [0.2, 0.25) is 0 Å². The van der Waals surface area contributed by atoms with Gasteiger partial charge in [-0.05, 0) is 74.5 Å². The molecule has 0 heterocycles. The Labute approximate surface area is 158 Å². The number of carbonyl (C=O) groups excluding carboxylic acids is 1. The van der Waals surface area contributed by atoms with Crippen molar-refractivity contribution in [2.75, 3.05) is 0 Å². The lowest BCUT2D eigenvalue weighted by molar-refractivity contribution is -0.139. The molecule has 1 fully saturated rings. The maximum absolute atomic E-state index is 14.5. The minimum atomic E-state index is -0.841. The van der Waals surface area contributed by atoms with Crippen LogP contribution in [0.4, 0.5) is 13.2 Å². The number of carbonyl (C=O) groups is 1. The zero-order valence-corrected chi connectivity index (χ0v) is 15.8. The maximum atomic E-state index is 14.5. The molecule has 1 unspecified atom stereocenters. The van der Waals surface area contributed by atoms with E-state index in [1.165, 1.54) is 31.1 Å². The largest absolute Gasteiger partial charge is 0.420 e. The van der Waals surface area contributed by atoms with Crippen LogP contribution < -0.4 is 4.74 Å². The number of hydrogen-bond acceptors (Lipinski definition) is 2. The molecule has 1 saturated carbocycles. The van der Waals surface area contributed by atoms with Crippen molar-refractivity contribution in [2.45, 2.75) is 70.6 Å². The van der Waals surface area contributed by atoms with E-state index in [4.69, 9.17) is 4.74 Å². The second-order valence-electron chi connectivity index (χ2n) is 7.86. The molecule has 3 rings (SSSR count). The summed E-state index contributed by atoms with van der Waals surface area (Å²) >= 11 is 0. The third kappa shape index (κ3) is 4.94. The molecule has 5 heteroatoms. The number of ether oxygens (including phenoxy) is 1. The van der Waals surface area contributed by atoms with Gasteiger partial charge in [0.2, 0.25) is 5.75 Å². The molecule has 2 nitrogen and oxygen atoms in total. The van der Waals surface area contributed by atoms with E-state index in [0.29, 0.717) is 12.0 Å². The lowest BCUT2D eigenvalue weighted by atomic mass is 9.77.